The topological polar surface area (TPSA) is 60.8 Å². The molecule has 0 aromatic heterocycles. The van der Waals surface area contributed by atoms with E-state index in [1.807, 2.05) is 7.05 Å². The van der Waals surface area contributed by atoms with Crippen LogP contribution in [0.5, 0.6) is 0 Å². The van der Waals surface area contributed by atoms with Crippen molar-refractivity contribution in [3.63, 3.8) is 0 Å². The van der Waals surface area contributed by atoms with Gasteiger partial charge in [0.05, 0.1) is 6.10 Å². The van der Waals surface area contributed by atoms with E-state index >= 15 is 0 Å². The Labute approximate surface area is 82.3 Å². The van der Waals surface area contributed by atoms with Gasteiger partial charge in [-0.15, -0.1) is 0 Å². The van der Waals surface area contributed by atoms with Crippen molar-refractivity contribution in [3.05, 3.63) is 0 Å². The number of hydrogen-bond donors (Lipinski definition) is 2. The van der Waals surface area contributed by atoms with Crippen LogP contribution < -0.4 is 0 Å². The molecule has 2 N–H and O–H groups in total. The quantitative estimate of drug-likeness (QED) is 0.686. The maximum absolute atomic E-state index is 12.9. The SMILES string of the molecule is CN1CCC(C(O)C(F)C(=O)O)CC1. The van der Waals surface area contributed by atoms with Gasteiger partial charge in [-0.2, -0.15) is 0 Å². The molecule has 0 spiro atoms. The van der Waals surface area contributed by atoms with E-state index in [2.05, 4.69) is 4.90 Å². The Kier molecular flexibility index (Phi) is 3.83. The molecule has 14 heavy (non-hydrogen) atoms. The summed E-state index contributed by atoms with van der Waals surface area (Å²) in [5.74, 6) is -1.80. The second kappa shape index (κ2) is 4.70. The molecule has 1 aliphatic rings. The average Bonchev–Trinajstić information content (AvgIpc) is 2.16. The number of nitrogens with zero attached hydrogens (tertiary/aromatic N) is 1. The Balaban J connectivity index is 2.45. The summed E-state index contributed by atoms with van der Waals surface area (Å²) < 4.78 is 12.9. The van der Waals surface area contributed by atoms with Crippen LogP contribution in [-0.4, -0.2) is 53.5 Å². The van der Waals surface area contributed by atoms with Crippen LogP contribution in [0.2, 0.25) is 0 Å². The number of hydrogen-bond acceptors (Lipinski definition) is 3. The number of carboxylic acid groups (broad SMARTS) is 1. The highest BCUT2D eigenvalue weighted by molar-refractivity contribution is 5.72. The molecule has 4 nitrogen and oxygen atoms in total. The van der Waals surface area contributed by atoms with Gasteiger partial charge in [-0.05, 0) is 38.9 Å². The van der Waals surface area contributed by atoms with Crippen LogP contribution in [-0.2, 0) is 4.79 Å². The molecule has 5 heteroatoms. The summed E-state index contributed by atoms with van der Waals surface area (Å²) in [6.07, 6.45) is -2.19. The molecule has 1 saturated heterocycles. The van der Waals surface area contributed by atoms with Crippen molar-refractivity contribution in [2.45, 2.75) is 25.1 Å². The number of piperidine rings is 1. The molecule has 1 heterocycles. The minimum Gasteiger partial charge on any atom is -0.479 e. The number of aliphatic hydroxyl groups is 1. The lowest BCUT2D eigenvalue weighted by Gasteiger charge is -2.32. The van der Waals surface area contributed by atoms with E-state index in [-0.39, 0.29) is 5.92 Å². The van der Waals surface area contributed by atoms with Gasteiger partial charge in [0.25, 0.3) is 0 Å². The van der Waals surface area contributed by atoms with Crippen molar-refractivity contribution in [2.24, 2.45) is 5.92 Å². The Hall–Kier alpha value is -0.680. The van der Waals surface area contributed by atoms with E-state index < -0.39 is 18.2 Å². The number of carboxylic acids is 1. The normalized spacial score (nSPS) is 24.5. The standard InChI is InChI=1S/C9H16FNO3/c1-11-4-2-6(3-5-11)8(12)7(10)9(13)14/h6-8,12H,2-5H2,1H3,(H,13,14). The first-order valence-corrected chi connectivity index (χ1v) is 4.76. The predicted octanol–water partition coefficient (Wildman–Crippen LogP) is 0.112. The summed E-state index contributed by atoms with van der Waals surface area (Å²) in [5.41, 5.74) is 0. The fourth-order valence-corrected chi connectivity index (χ4v) is 1.76. The van der Waals surface area contributed by atoms with Crippen LogP contribution in [0.4, 0.5) is 4.39 Å². The zero-order valence-corrected chi connectivity index (χ0v) is 8.19. The molecular weight excluding hydrogens is 189 g/mol. The number of rotatable bonds is 3. The predicted molar refractivity (Wildman–Crippen MR) is 48.8 cm³/mol. The van der Waals surface area contributed by atoms with Crippen molar-refractivity contribution >= 4 is 5.97 Å². The van der Waals surface area contributed by atoms with Gasteiger partial charge in [0, 0.05) is 0 Å². The highest BCUT2D eigenvalue weighted by Gasteiger charge is 2.34. The lowest BCUT2D eigenvalue weighted by molar-refractivity contribution is -0.149. The molecule has 1 fully saturated rings. The minimum atomic E-state index is -2.15. The molecule has 0 saturated carbocycles. The van der Waals surface area contributed by atoms with E-state index in [4.69, 9.17) is 5.11 Å². The van der Waals surface area contributed by atoms with Gasteiger partial charge in [0.2, 0.25) is 6.17 Å². The molecule has 82 valence electrons. The zero-order valence-electron chi connectivity index (χ0n) is 8.19. The fourth-order valence-electron chi connectivity index (χ4n) is 1.76. The van der Waals surface area contributed by atoms with Gasteiger partial charge >= 0.3 is 5.97 Å². The fraction of sp³-hybridized carbons (Fsp3) is 0.889. The van der Waals surface area contributed by atoms with Crippen LogP contribution in [0, 0.1) is 5.92 Å². The third-order valence-electron chi connectivity index (χ3n) is 2.78. The van der Waals surface area contributed by atoms with Gasteiger partial charge < -0.3 is 15.1 Å². The van der Waals surface area contributed by atoms with Crippen LogP contribution >= 0.6 is 0 Å². The van der Waals surface area contributed by atoms with E-state index in [1.54, 1.807) is 0 Å². The van der Waals surface area contributed by atoms with E-state index in [9.17, 15) is 14.3 Å². The highest BCUT2D eigenvalue weighted by atomic mass is 19.1. The number of likely N-dealkylation sites (tertiary alicyclic amines) is 1. The minimum absolute atomic E-state index is 0.225. The van der Waals surface area contributed by atoms with Gasteiger partial charge in [0.15, 0.2) is 0 Å². The summed E-state index contributed by atoms with van der Waals surface area (Å²) in [7, 11) is 1.95. The van der Waals surface area contributed by atoms with Gasteiger partial charge in [-0.25, -0.2) is 9.18 Å². The van der Waals surface area contributed by atoms with Crippen molar-refractivity contribution in [1.29, 1.82) is 0 Å². The monoisotopic (exact) mass is 205 g/mol. The maximum atomic E-state index is 12.9. The van der Waals surface area contributed by atoms with Crippen molar-refractivity contribution in [3.8, 4) is 0 Å². The first-order chi connectivity index (χ1) is 6.52. The molecule has 0 radical (unpaired) electrons. The third kappa shape index (κ3) is 2.65. The van der Waals surface area contributed by atoms with E-state index in [0.29, 0.717) is 12.8 Å². The second-order valence-corrected chi connectivity index (χ2v) is 3.87. The van der Waals surface area contributed by atoms with Crippen LogP contribution in [0.1, 0.15) is 12.8 Å². The Morgan fingerprint density at radius 3 is 2.43 bits per heavy atom. The second-order valence-electron chi connectivity index (χ2n) is 3.87. The molecule has 2 atom stereocenters. The Bertz CT molecular complexity index is 204. The number of carbonyl (C=O) groups is 1. The molecule has 0 bridgehead atoms. The van der Waals surface area contributed by atoms with E-state index in [0.717, 1.165) is 13.1 Å². The summed E-state index contributed by atoms with van der Waals surface area (Å²) >= 11 is 0. The molecule has 0 aromatic rings. The van der Waals surface area contributed by atoms with Gasteiger partial charge in [-0.1, -0.05) is 0 Å². The number of halogens is 1. The smallest absolute Gasteiger partial charge is 0.341 e. The third-order valence-corrected chi connectivity index (χ3v) is 2.78. The lowest BCUT2D eigenvalue weighted by Crippen LogP contribution is -2.41. The maximum Gasteiger partial charge on any atom is 0.341 e. The van der Waals surface area contributed by atoms with Crippen LogP contribution in [0.3, 0.4) is 0 Å². The van der Waals surface area contributed by atoms with Crippen molar-refractivity contribution in [2.75, 3.05) is 20.1 Å². The summed E-state index contributed by atoms with van der Waals surface area (Å²) in [6.45, 7) is 1.57. The van der Waals surface area contributed by atoms with E-state index in [1.165, 1.54) is 0 Å². The molecule has 0 aromatic carbocycles. The molecule has 0 amide bonds. The van der Waals surface area contributed by atoms with Crippen LogP contribution in [0.25, 0.3) is 0 Å². The highest BCUT2D eigenvalue weighted by Crippen LogP contribution is 2.22. The van der Waals surface area contributed by atoms with Crippen molar-refractivity contribution < 1.29 is 19.4 Å². The number of aliphatic carboxylic acids is 1. The Morgan fingerprint density at radius 1 is 1.50 bits per heavy atom. The Morgan fingerprint density at radius 2 is 2.00 bits per heavy atom. The first-order valence-electron chi connectivity index (χ1n) is 4.76. The average molecular weight is 205 g/mol. The molecule has 1 aliphatic heterocycles. The molecule has 2 unspecified atom stereocenters. The number of aliphatic hydroxyl groups excluding tert-OH is 1. The van der Waals surface area contributed by atoms with Crippen LogP contribution in [0.15, 0.2) is 0 Å². The summed E-state index contributed by atoms with van der Waals surface area (Å²) in [5, 5.41) is 17.8. The largest absolute Gasteiger partial charge is 0.479 e. The summed E-state index contributed by atoms with van der Waals surface area (Å²) in [4.78, 5) is 12.4. The van der Waals surface area contributed by atoms with Crippen molar-refractivity contribution in [1.82, 2.24) is 4.90 Å². The molecule has 1 rings (SSSR count). The zero-order chi connectivity index (χ0) is 10.7. The molecular formula is C9H16FNO3. The van der Waals surface area contributed by atoms with Gasteiger partial charge in [-0.3, -0.25) is 0 Å². The summed E-state index contributed by atoms with van der Waals surface area (Å²) in [6, 6.07) is 0. The first kappa shape index (κ1) is 11.4. The van der Waals surface area contributed by atoms with Gasteiger partial charge in [0.1, 0.15) is 0 Å². The lowest BCUT2D eigenvalue weighted by atomic mass is 9.89. The number of alkyl halides is 1. The molecule has 0 aliphatic carbocycles.